The number of nitrogens with zero attached hydrogens (tertiary/aromatic N) is 2. The number of urea groups is 1. The molecule has 0 bridgehead atoms. The third kappa shape index (κ3) is 4.68. The summed E-state index contributed by atoms with van der Waals surface area (Å²) in [4.78, 5) is 12.3. The summed E-state index contributed by atoms with van der Waals surface area (Å²) in [6, 6.07) is 17.1. The summed E-state index contributed by atoms with van der Waals surface area (Å²) in [7, 11) is 1.58. The van der Waals surface area contributed by atoms with Gasteiger partial charge < -0.3 is 20.5 Å². The average Bonchev–Trinajstić information content (AvgIpc) is 3.06. The molecular weight excluding hydrogens is 439 g/mol. The number of methoxy groups -OCH3 is 1. The van der Waals surface area contributed by atoms with Gasteiger partial charge in [0.1, 0.15) is 5.75 Å². The molecule has 0 aliphatic rings. The lowest BCUT2D eigenvalue weighted by atomic mass is 10.2. The lowest BCUT2D eigenvalue weighted by Crippen LogP contribution is -2.19. The molecule has 2 amide bonds. The summed E-state index contributed by atoms with van der Waals surface area (Å²) >= 11 is 12.0. The Labute approximate surface area is 188 Å². The molecule has 0 unspecified atom stereocenters. The topological polar surface area (TPSA) is 88.4 Å². The molecule has 9 heteroatoms. The summed E-state index contributed by atoms with van der Waals surface area (Å²) in [6.45, 7) is 0.401. The highest BCUT2D eigenvalue weighted by Gasteiger charge is 2.12. The van der Waals surface area contributed by atoms with Crippen LogP contribution in [0.1, 0.15) is 5.56 Å². The first kappa shape index (κ1) is 20.8. The van der Waals surface area contributed by atoms with Gasteiger partial charge in [0, 0.05) is 11.4 Å². The van der Waals surface area contributed by atoms with Crippen molar-refractivity contribution in [3.8, 4) is 11.6 Å². The second-order valence-corrected chi connectivity index (χ2v) is 7.58. The number of halogens is 2. The first-order chi connectivity index (χ1) is 14.9. The molecule has 0 radical (unpaired) electrons. The number of amides is 2. The molecule has 0 atom stereocenters. The van der Waals surface area contributed by atoms with Crippen molar-refractivity contribution in [3.63, 3.8) is 0 Å². The maximum atomic E-state index is 12.3. The van der Waals surface area contributed by atoms with Gasteiger partial charge in [0.05, 0.1) is 34.6 Å². The number of carbonyl (C=O) groups is 1. The third-order valence-corrected chi connectivity index (χ3v) is 5.39. The quantitative estimate of drug-likeness (QED) is 0.356. The van der Waals surface area contributed by atoms with Crippen molar-refractivity contribution < 1.29 is 14.6 Å². The zero-order valence-corrected chi connectivity index (χ0v) is 17.9. The molecule has 0 spiro atoms. The van der Waals surface area contributed by atoms with E-state index in [1.165, 1.54) is 0 Å². The van der Waals surface area contributed by atoms with E-state index in [1.807, 2.05) is 6.07 Å². The van der Waals surface area contributed by atoms with Crippen LogP contribution in [-0.2, 0) is 6.54 Å². The average molecular weight is 457 g/mol. The highest BCUT2D eigenvalue weighted by Crippen LogP contribution is 2.29. The van der Waals surface area contributed by atoms with Crippen LogP contribution in [0.25, 0.3) is 10.9 Å². The summed E-state index contributed by atoms with van der Waals surface area (Å²) in [5.74, 6) is 0.569. The van der Waals surface area contributed by atoms with E-state index in [0.717, 1.165) is 5.56 Å². The fourth-order valence-corrected chi connectivity index (χ4v) is 3.46. The Bertz CT molecular complexity index is 1260. The molecule has 0 saturated carbocycles. The number of ether oxygens (including phenoxy) is 1. The van der Waals surface area contributed by atoms with Crippen LogP contribution < -0.4 is 15.4 Å². The molecule has 0 aliphatic heterocycles. The molecule has 3 aromatic carbocycles. The number of carbonyl (C=O) groups excluding carboxylic acids is 1. The fourth-order valence-electron chi connectivity index (χ4n) is 3.14. The second-order valence-electron chi connectivity index (χ2n) is 6.77. The monoisotopic (exact) mass is 456 g/mol. The van der Waals surface area contributed by atoms with Crippen LogP contribution in [0, 0.1) is 0 Å². The largest absolute Gasteiger partial charge is 0.497 e. The lowest BCUT2D eigenvalue weighted by molar-refractivity contribution is 0.262. The predicted molar refractivity (Wildman–Crippen MR) is 123 cm³/mol. The molecule has 0 fully saturated rings. The van der Waals surface area contributed by atoms with Crippen molar-refractivity contribution in [2.45, 2.75) is 6.54 Å². The first-order valence-corrected chi connectivity index (χ1v) is 10.0. The van der Waals surface area contributed by atoms with Crippen molar-refractivity contribution in [2.24, 2.45) is 0 Å². The molecule has 0 saturated heterocycles. The van der Waals surface area contributed by atoms with Gasteiger partial charge in [-0.15, -0.1) is 5.10 Å². The number of fused-ring (bicyclic) bond motifs is 1. The lowest BCUT2D eigenvalue weighted by Gasteiger charge is -2.09. The third-order valence-electron chi connectivity index (χ3n) is 4.65. The number of nitrogens with one attached hydrogen (secondary N) is 2. The number of aromatic hydroxyl groups is 1. The maximum absolute atomic E-state index is 12.3. The number of hydrogen-bond donors (Lipinski definition) is 3. The van der Waals surface area contributed by atoms with E-state index in [9.17, 15) is 9.90 Å². The number of hydrogen-bond acceptors (Lipinski definition) is 4. The van der Waals surface area contributed by atoms with Gasteiger partial charge in [0.15, 0.2) is 0 Å². The molecule has 4 rings (SSSR count). The highest BCUT2D eigenvalue weighted by molar-refractivity contribution is 6.42. The summed E-state index contributed by atoms with van der Waals surface area (Å²) < 4.78 is 6.76. The summed E-state index contributed by atoms with van der Waals surface area (Å²) in [6.07, 6.45) is 0. The van der Waals surface area contributed by atoms with Crippen molar-refractivity contribution in [3.05, 3.63) is 76.3 Å². The van der Waals surface area contributed by atoms with Crippen LogP contribution in [0.4, 0.5) is 16.2 Å². The van der Waals surface area contributed by atoms with Crippen LogP contribution in [0.3, 0.4) is 0 Å². The zero-order chi connectivity index (χ0) is 22.0. The van der Waals surface area contributed by atoms with Gasteiger partial charge in [0.2, 0.25) is 5.88 Å². The molecule has 1 aromatic heterocycles. The minimum Gasteiger partial charge on any atom is -0.497 e. The zero-order valence-electron chi connectivity index (χ0n) is 16.4. The summed E-state index contributed by atoms with van der Waals surface area (Å²) in [5, 5.41) is 21.4. The number of benzene rings is 3. The molecule has 31 heavy (non-hydrogen) atoms. The minimum absolute atomic E-state index is 0.130. The van der Waals surface area contributed by atoms with Gasteiger partial charge in [-0.05, 0) is 60.2 Å². The highest BCUT2D eigenvalue weighted by atomic mass is 35.5. The van der Waals surface area contributed by atoms with Gasteiger partial charge in [-0.2, -0.15) is 0 Å². The van der Waals surface area contributed by atoms with Crippen LogP contribution in [0.2, 0.25) is 10.0 Å². The summed E-state index contributed by atoms with van der Waals surface area (Å²) in [5.41, 5.74) is 2.74. The Morgan fingerprint density at radius 2 is 1.71 bits per heavy atom. The van der Waals surface area contributed by atoms with E-state index in [4.69, 9.17) is 27.9 Å². The molecule has 4 aromatic rings. The smallest absolute Gasteiger partial charge is 0.323 e. The van der Waals surface area contributed by atoms with E-state index in [0.29, 0.717) is 44.6 Å². The molecular formula is C22H18Cl2N4O3. The van der Waals surface area contributed by atoms with E-state index in [2.05, 4.69) is 15.7 Å². The van der Waals surface area contributed by atoms with Gasteiger partial charge in [0.25, 0.3) is 0 Å². The van der Waals surface area contributed by atoms with Crippen molar-refractivity contribution in [1.29, 1.82) is 0 Å². The van der Waals surface area contributed by atoms with Gasteiger partial charge >= 0.3 is 6.03 Å². The van der Waals surface area contributed by atoms with Crippen molar-refractivity contribution in [2.75, 3.05) is 17.7 Å². The van der Waals surface area contributed by atoms with Crippen LogP contribution in [-0.4, -0.2) is 28.0 Å². The van der Waals surface area contributed by atoms with Gasteiger partial charge in [-0.25, -0.2) is 4.79 Å². The molecule has 1 heterocycles. The Hall–Kier alpha value is -3.42. The molecule has 3 N–H and O–H groups in total. The van der Waals surface area contributed by atoms with Crippen LogP contribution >= 0.6 is 23.2 Å². The van der Waals surface area contributed by atoms with E-state index in [1.54, 1.807) is 66.4 Å². The Kier molecular flexibility index (Phi) is 5.88. The van der Waals surface area contributed by atoms with Crippen molar-refractivity contribution >= 4 is 51.5 Å². The van der Waals surface area contributed by atoms with E-state index < -0.39 is 6.03 Å². The second kappa shape index (κ2) is 8.75. The predicted octanol–water partition coefficient (Wildman–Crippen LogP) is 5.75. The first-order valence-electron chi connectivity index (χ1n) is 9.28. The number of aromatic nitrogens is 2. The van der Waals surface area contributed by atoms with Crippen LogP contribution in [0.5, 0.6) is 11.6 Å². The Morgan fingerprint density at radius 1 is 1.00 bits per heavy atom. The molecule has 0 aliphatic carbocycles. The van der Waals surface area contributed by atoms with Crippen LogP contribution in [0.15, 0.2) is 60.7 Å². The SMILES string of the molecule is COc1ccc(NC(=O)Nc2ccc3c(c2)c(O)nn3Cc2ccc(Cl)c(Cl)c2)cc1. The number of rotatable bonds is 5. The maximum Gasteiger partial charge on any atom is 0.323 e. The number of anilines is 2. The van der Waals surface area contributed by atoms with Crippen molar-refractivity contribution in [1.82, 2.24) is 9.78 Å². The normalized spacial score (nSPS) is 10.8. The molecule has 7 nitrogen and oxygen atoms in total. The van der Waals surface area contributed by atoms with Gasteiger partial charge in [-0.1, -0.05) is 29.3 Å². The Balaban J connectivity index is 1.50. The van der Waals surface area contributed by atoms with E-state index in [-0.39, 0.29) is 5.88 Å². The van der Waals surface area contributed by atoms with E-state index >= 15 is 0 Å². The fraction of sp³-hybridized carbons (Fsp3) is 0.0909. The molecule has 158 valence electrons. The Morgan fingerprint density at radius 3 is 2.42 bits per heavy atom. The minimum atomic E-state index is -0.410. The van der Waals surface area contributed by atoms with Gasteiger partial charge in [-0.3, -0.25) is 4.68 Å². The standard InChI is InChI=1S/C22H18Cl2N4O3/c1-31-16-6-3-14(4-7-16)25-22(30)26-15-5-9-20-17(11-15)21(29)27-28(20)12-13-2-8-18(23)19(24)10-13/h2-11H,12H2,1H3,(H,27,29)(H2,25,26,30).